The lowest BCUT2D eigenvalue weighted by molar-refractivity contribution is -0.129. The van der Waals surface area contributed by atoms with Crippen molar-refractivity contribution in [3.05, 3.63) is 0 Å². The molecule has 0 aromatic heterocycles. The molecule has 4 rings (SSSR count). The van der Waals surface area contributed by atoms with Crippen molar-refractivity contribution in [3.8, 4) is 0 Å². The van der Waals surface area contributed by atoms with Gasteiger partial charge in [-0.05, 0) is 68.1 Å². The maximum atomic E-state index is 12.3. The lowest BCUT2D eigenvalue weighted by Gasteiger charge is -2.56. The van der Waals surface area contributed by atoms with Crippen LogP contribution in [0.15, 0.2) is 0 Å². The van der Waals surface area contributed by atoms with E-state index in [9.17, 15) is 4.79 Å². The predicted molar refractivity (Wildman–Crippen MR) is 82.7 cm³/mol. The summed E-state index contributed by atoms with van der Waals surface area (Å²) in [4.78, 5) is 12.3. The van der Waals surface area contributed by atoms with Gasteiger partial charge in [-0.2, -0.15) is 0 Å². The molecule has 1 atom stereocenters. The van der Waals surface area contributed by atoms with E-state index in [0.717, 1.165) is 30.6 Å². The summed E-state index contributed by atoms with van der Waals surface area (Å²) in [7, 11) is 1.66. The van der Waals surface area contributed by atoms with E-state index in [0.29, 0.717) is 18.6 Å². The zero-order valence-corrected chi connectivity index (χ0v) is 13.3. The van der Waals surface area contributed by atoms with E-state index >= 15 is 0 Å². The molecule has 4 nitrogen and oxygen atoms in total. The Morgan fingerprint density at radius 3 is 2.33 bits per heavy atom. The molecule has 0 aromatic rings. The highest BCUT2D eigenvalue weighted by molar-refractivity contribution is 5.76. The predicted octanol–water partition coefficient (Wildman–Crippen LogP) is 2.07. The van der Waals surface area contributed by atoms with Crippen LogP contribution in [0, 0.1) is 23.2 Å². The highest BCUT2D eigenvalue weighted by atomic mass is 16.5. The van der Waals surface area contributed by atoms with Gasteiger partial charge in [0.15, 0.2) is 0 Å². The smallest absolute Gasteiger partial charge is 0.220 e. The van der Waals surface area contributed by atoms with Crippen LogP contribution in [0.25, 0.3) is 0 Å². The molecule has 0 radical (unpaired) electrons. The minimum Gasteiger partial charge on any atom is -0.383 e. The molecule has 0 spiro atoms. The third kappa shape index (κ3) is 3.59. The second-order valence-electron chi connectivity index (χ2n) is 7.95. The summed E-state index contributed by atoms with van der Waals surface area (Å²) in [5, 5.41) is 3.07. The SMILES string of the molecule is COCC(N)CCNC(=O)CC12CC3CC(CC(C3)C1)C2. The van der Waals surface area contributed by atoms with Crippen molar-refractivity contribution in [2.75, 3.05) is 20.3 Å². The van der Waals surface area contributed by atoms with Crippen LogP contribution in [0.3, 0.4) is 0 Å². The number of rotatable bonds is 7. The van der Waals surface area contributed by atoms with Gasteiger partial charge in [-0.15, -0.1) is 0 Å². The maximum absolute atomic E-state index is 12.3. The summed E-state index contributed by atoms with van der Waals surface area (Å²) in [5.41, 5.74) is 6.22. The van der Waals surface area contributed by atoms with E-state index in [4.69, 9.17) is 10.5 Å². The van der Waals surface area contributed by atoms with Crippen LogP contribution in [0.2, 0.25) is 0 Å². The van der Waals surface area contributed by atoms with Crippen LogP contribution >= 0.6 is 0 Å². The Morgan fingerprint density at radius 1 is 1.24 bits per heavy atom. The molecular formula is C17H30N2O2. The van der Waals surface area contributed by atoms with Crippen molar-refractivity contribution in [2.45, 2.75) is 57.4 Å². The lowest BCUT2D eigenvalue weighted by Crippen LogP contribution is -2.48. The van der Waals surface area contributed by atoms with Gasteiger partial charge in [0.1, 0.15) is 0 Å². The quantitative estimate of drug-likeness (QED) is 0.755. The van der Waals surface area contributed by atoms with Crippen molar-refractivity contribution >= 4 is 5.91 Å². The van der Waals surface area contributed by atoms with E-state index in [2.05, 4.69) is 5.32 Å². The summed E-state index contributed by atoms with van der Waals surface area (Å²) < 4.78 is 5.01. The number of nitrogens with two attached hydrogens (primary N) is 1. The van der Waals surface area contributed by atoms with E-state index in [1.807, 2.05) is 0 Å². The first-order valence-corrected chi connectivity index (χ1v) is 8.60. The molecule has 4 fully saturated rings. The van der Waals surface area contributed by atoms with E-state index in [1.54, 1.807) is 7.11 Å². The third-order valence-corrected chi connectivity index (χ3v) is 5.92. The van der Waals surface area contributed by atoms with Crippen molar-refractivity contribution in [3.63, 3.8) is 0 Å². The minimum atomic E-state index is 0.0230. The average molecular weight is 294 g/mol. The summed E-state index contributed by atoms with van der Waals surface area (Å²) >= 11 is 0. The van der Waals surface area contributed by atoms with Crippen molar-refractivity contribution in [2.24, 2.45) is 28.9 Å². The maximum Gasteiger partial charge on any atom is 0.220 e. The van der Waals surface area contributed by atoms with Gasteiger partial charge in [-0.25, -0.2) is 0 Å². The van der Waals surface area contributed by atoms with Gasteiger partial charge in [0.2, 0.25) is 5.91 Å². The highest BCUT2D eigenvalue weighted by Crippen LogP contribution is 2.61. The molecule has 4 aliphatic rings. The summed E-state index contributed by atoms with van der Waals surface area (Å²) in [6.45, 7) is 1.24. The molecule has 4 saturated carbocycles. The molecule has 0 heterocycles. The monoisotopic (exact) mass is 294 g/mol. The molecule has 0 aliphatic heterocycles. The van der Waals surface area contributed by atoms with Gasteiger partial charge in [0, 0.05) is 26.1 Å². The van der Waals surface area contributed by atoms with E-state index in [-0.39, 0.29) is 11.9 Å². The van der Waals surface area contributed by atoms with Crippen LogP contribution in [-0.2, 0) is 9.53 Å². The topological polar surface area (TPSA) is 64.3 Å². The van der Waals surface area contributed by atoms with Crippen molar-refractivity contribution < 1.29 is 9.53 Å². The van der Waals surface area contributed by atoms with Gasteiger partial charge in [0.25, 0.3) is 0 Å². The molecule has 3 N–H and O–H groups in total. The Labute approximate surface area is 128 Å². The van der Waals surface area contributed by atoms with E-state index in [1.165, 1.54) is 38.5 Å². The highest BCUT2D eigenvalue weighted by Gasteiger charge is 2.51. The fourth-order valence-electron chi connectivity index (χ4n) is 5.60. The fraction of sp³-hybridized carbons (Fsp3) is 0.941. The van der Waals surface area contributed by atoms with Crippen LogP contribution in [-0.4, -0.2) is 32.2 Å². The molecule has 0 saturated heterocycles. The second-order valence-corrected chi connectivity index (χ2v) is 7.95. The summed E-state index contributed by atoms with van der Waals surface area (Å²) in [6, 6.07) is 0.0230. The van der Waals surface area contributed by atoms with Gasteiger partial charge in [-0.3, -0.25) is 4.79 Å². The van der Waals surface area contributed by atoms with Crippen LogP contribution < -0.4 is 11.1 Å². The molecule has 0 aromatic carbocycles. The van der Waals surface area contributed by atoms with Gasteiger partial charge >= 0.3 is 0 Å². The number of amides is 1. The lowest BCUT2D eigenvalue weighted by atomic mass is 9.49. The van der Waals surface area contributed by atoms with Crippen LogP contribution in [0.1, 0.15) is 51.4 Å². The molecule has 1 amide bonds. The molecular weight excluding hydrogens is 264 g/mol. The zero-order chi connectivity index (χ0) is 14.9. The Hall–Kier alpha value is -0.610. The third-order valence-electron chi connectivity index (χ3n) is 5.92. The molecule has 21 heavy (non-hydrogen) atoms. The molecule has 4 aliphatic carbocycles. The normalized spacial score (nSPS) is 38.5. The Balaban J connectivity index is 1.44. The van der Waals surface area contributed by atoms with Crippen molar-refractivity contribution in [1.82, 2.24) is 5.32 Å². The van der Waals surface area contributed by atoms with Gasteiger partial charge in [-0.1, -0.05) is 0 Å². The molecule has 1 unspecified atom stereocenters. The van der Waals surface area contributed by atoms with Crippen molar-refractivity contribution in [1.29, 1.82) is 0 Å². The Morgan fingerprint density at radius 2 is 1.81 bits per heavy atom. The first-order valence-electron chi connectivity index (χ1n) is 8.60. The molecule has 120 valence electrons. The second kappa shape index (κ2) is 6.25. The largest absolute Gasteiger partial charge is 0.383 e. The Bertz CT molecular complexity index is 348. The summed E-state index contributed by atoms with van der Waals surface area (Å²) in [6.07, 6.45) is 9.75. The first kappa shape index (κ1) is 15.3. The molecule has 4 heteroatoms. The number of carbonyl (C=O) groups excluding carboxylic acids is 1. The summed E-state index contributed by atoms with van der Waals surface area (Å²) in [5.74, 6) is 2.99. The first-order chi connectivity index (χ1) is 10.1. The number of ether oxygens (including phenoxy) is 1. The van der Waals surface area contributed by atoms with Crippen LogP contribution in [0.5, 0.6) is 0 Å². The number of carbonyl (C=O) groups is 1. The number of hydrogen-bond donors (Lipinski definition) is 2. The Kier molecular flexibility index (Phi) is 4.55. The number of hydrogen-bond acceptors (Lipinski definition) is 3. The number of methoxy groups -OCH3 is 1. The zero-order valence-electron chi connectivity index (χ0n) is 13.3. The standard InChI is InChI=1S/C17H30N2O2/c1-21-11-15(18)2-3-19-16(20)10-17-7-12-4-13(8-17)6-14(5-12)9-17/h12-15H,2-11,18H2,1H3,(H,19,20). The van der Waals surface area contributed by atoms with Gasteiger partial charge in [0.05, 0.1) is 6.61 Å². The van der Waals surface area contributed by atoms with E-state index < -0.39 is 0 Å². The number of nitrogens with one attached hydrogen (secondary N) is 1. The average Bonchev–Trinajstić information content (AvgIpc) is 2.36. The van der Waals surface area contributed by atoms with Crippen LogP contribution in [0.4, 0.5) is 0 Å². The molecule has 4 bridgehead atoms. The fourth-order valence-corrected chi connectivity index (χ4v) is 5.60. The minimum absolute atomic E-state index is 0.0230. The van der Waals surface area contributed by atoms with Gasteiger partial charge < -0.3 is 15.8 Å².